The van der Waals surface area contributed by atoms with Crippen molar-refractivity contribution in [1.82, 2.24) is 10.2 Å². The molecule has 1 aromatic carbocycles. The van der Waals surface area contributed by atoms with E-state index >= 15 is 0 Å². The van der Waals surface area contributed by atoms with Gasteiger partial charge >= 0.3 is 5.97 Å². The van der Waals surface area contributed by atoms with E-state index in [9.17, 15) is 23.9 Å². The Morgan fingerprint density at radius 3 is 2.64 bits per heavy atom. The molecule has 3 atom stereocenters. The molecule has 1 unspecified atom stereocenters. The number of benzene rings is 1. The summed E-state index contributed by atoms with van der Waals surface area (Å²) in [6, 6.07) is 3.32. The smallest absolute Gasteiger partial charge is 0.352 e. The van der Waals surface area contributed by atoms with Gasteiger partial charge in [-0.05, 0) is 30.2 Å². The van der Waals surface area contributed by atoms with Gasteiger partial charge in [-0.3, -0.25) is 14.5 Å². The molecule has 132 valence electrons. The first-order chi connectivity index (χ1) is 11.8. The van der Waals surface area contributed by atoms with Gasteiger partial charge in [0.15, 0.2) is 0 Å². The zero-order valence-corrected chi connectivity index (χ0v) is 14.0. The fourth-order valence-corrected chi connectivity index (χ4v) is 4.13. The number of hydrogen-bond donors (Lipinski definition) is 3. The molecule has 1 saturated heterocycles. The molecule has 1 aromatic rings. The Balaban J connectivity index is 1.71. The van der Waals surface area contributed by atoms with Gasteiger partial charge in [-0.1, -0.05) is 12.1 Å². The van der Waals surface area contributed by atoms with Gasteiger partial charge in [-0.15, -0.1) is 11.8 Å². The maximum atomic E-state index is 12.9. The van der Waals surface area contributed by atoms with Crippen LogP contribution in [0.3, 0.4) is 0 Å². The van der Waals surface area contributed by atoms with Gasteiger partial charge in [-0.2, -0.15) is 0 Å². The van der Waals surface area contributed by atoms with Gasteiger partial charge in [0, 0.05) is 5.75 Å². The number of carboxylic acid groups (broad SMARTS) is 1. The van der Waals surface area contributed by atoms with Crippen LogP contribution in [-0.4, -0.2) is 45.0 Å². The van der Waals surface area contributed by atoms with E-state index in [1.54, 1.807) is 6.92 Å². The summed E-state index contributed by atoms with van der Waals surface area (Å²) in [5.74, 6) is -2.19. The van der Waals surface area contributed by atoms with Crippen molar-refractivity contribution < 1.29 is 23.9 Å². The molecule has 2 heterocycles. The molecule has 3 rings (SSSR count). The van der Waals surface area contributed by atoms with Crippen LogP contribution in [0.4, 0.5) is 4.39 Å². The van der Waals surface area contributed by atoms with Crippen molar-refractivity contribution in [1.29, 1.82) is 0 Å². The van der Waals surface area contributed by atoms with Crippen LogP contribution in [-0.2, 0) is 14.4 Å². The third-order valence-electron chi connectivity index (χ3n) is 4.17. The Kier molecular flexibility index (Phi) is 4.53. The molecule has 9 heteroatoms. The van der Waals surface area contributed by atoms with Crippen molar-refractivity contribution in [3.05, 3.63) is 46.9 Å². The molecular formula is C16H16FN3O4S. The predicted molar refractivity (Wildman–Crippen MR) is 88.7 cm³/mol. The molecule has 0 bridgehead atoms. The molecule has 0 saturated carbocycles. The van der Waals surface area contributed by atoms with Crippen LogP contribution in [0.2, 0.25) is 0 Å². The first-order valence-corrected chi connectivity index (χ1v) is 8.55. The first-order valence-electron chi connectivity index (χ1n) is 7.50. The minimum absolute atomic E-state index is 0.0258. The first kappa shape index (κ1) is 17.4. The number of rotatable bonds is 4. The summed E-state index contributed by atoms with van der Waals surface area (Å²) >= 11 is 1.38. The SMILES string of the molecule is CC1=C(C(=O)O)N2C(=O)[C@@H](NC(=O)[C@H](N)c3ccc(F)cc3)C2SC1. The molecule has 1 fully saturated rings. The third-order valence-corrected chi connectivity index (χ3v) is 5.59. The number of aliphatic carboxylic acids is 1. The Bertz CT molecular complexity index is 780. The summed E-state index contributed by atoms with van der Waals surface area (Å²) in [7, 11) is 0. The lowest BCUT2D eigenvalue weighted by atomic mass is 10.0. The minimum Gasteiger partial charge on any atom is -0.477 e. The number of nitrogens with one attached hydrogen (secondary N) is 1. The average Bonchev–Trinajstić information content (AvgIpc) is 2.58. The fourth-order valence-electron chi connectivity index (χ4n) is 2.84. The van der Waals surface area contributed by atoms with Crippen molar-refractivity contribution in [2.75, 3.05) is 5.75 Å². The van der Waals surface area contributed by atoms with Gasteiger partial charge in [0.1, 0.15) is 29.0 Å². The number of fused-ring (bicyclic) bond motifs is 1. The number of amides is 2. The number of carbonyl (C=O) groups excluding carboxylic acids is 2. The van der Waals surface area contributed by atoms with Crippen molar-refractivity contribution in [2.45, 2.75) is 24.4 Å². The number of hydrogen-bond acceptors (Lipinski definition) is 5. The van der Waals surface area contributed by atoms with Gasteiger partial charge in [0.05, 0.1) is 0 Å². The summed E-state index contributed by atoms with van der Waals surface area (Å²) < 4.78 is 12.9. The molecule has 25 heavy (non-hydrogen) atoms. The van der Waals surface area contributed by atoms with Crippen LogP contribution in [0, 0.1) is 5.82 Å². The zero-order valence-electron chi connectivity index (χ0n) is 13.2. The quantitative estimate of drug-likeness (QED) is 0.673. The largest absolute Gasteiger partial charge is 0.477 e. The normalized spacial score (nSPS) is 23.6. The van der Waals surface area contributed by atoms with Crippen LogP contribution >= 0.6 is 11.8 Å². The number of halogens is 1. The topological polar surface area (TPSA) is 113 Å². The van der Waals surface area contributed by atoms with Crippen LogP contribution in [0.5, 0.6) is 0 Å². The lowest BCUT2D eigenvalue weighted by Gasteiger charge is -2.49. The second-order valence-corrected chi connectivity index (χ2v) is 6.96. The van der Waals surface area contributed by atoms with Gasteiger partial charge < -0.3 is 16.2 Å². The van der Waals surface area contributed by atoms with Crippen LogP contribution in [0.25, 0.3) is 0 Å². The zero-order chi connectivity index (χ0) is 18.3. The summed E-state index contributed by atoms with van der Waals surface area (Å²) in [6.45, 7) is 1.66. The van der Waals surface area contributed by atoms with Crippen LogP contribution in [0.15, 0.2) is 35.5 Å². The number of carboxylic acids is 1. The van der Waals surface area contributed by atoms with Crippen molar-refractivity contribution in [2.24, 2.45) is 5.73 Å². The number of nitrogens with zero attached hydrogens (tertiary/aromatic N) is 1. The Morgan fingerprint density at radius 2 is 2.04 bits per heavy atom. The maximum Gasteiger partial charge on any atom is 0.352 e. The lowest BCUT2D eigenvalue weighted by Crippen LogP contribution is -2.71. The Labute approximate surface area is 147 Å². The van der Waals surface area contributed by atoms with Gasteiger partial charge in [0.2, 0.25) is 5.91 Å². The molecule has 0 spiro atoms. The summed E-state index contributed by atoms with van der Waals surface area (Å²) in [6.07, 6.45) is 0. The summed E-state index contributed by atoms with van der Waals surface area (Å²) in [5, 5.41) is 11.4. The third kappa shape index (κ3) is 3.00. The highest BCUT2D eigenvalue weighted by Crippen LogP contribution is 2.40. The van der Waals surface area contributed by atoms with Gasteiger partial charge in [0.25, 0.3) is 5.91 Å². The maximum absolute atomic E-state index is 12.9. The van der Waals surface area contributed by atoms with Crippen LogP contribution in [0.1, 0.15) is 18.5 Å². The number of β-lactam (4-membered cyclic amide) rings is 1. The van der Waals surface area contributed by atoms with E-state index in [2.05, 4.69) is 5.32 Å². The number of nitrogens with two attached hydrogens (primary N) is 1. The fraction of sp³-hybridized carbons (Fsp3) is 0.312. The standard InChI is InChI=1S/C16H16FN3O4S/c1-7-6-25-15-11(14(22)20(15)12(7)16(23)24)19-13(21)10(18)8-2-4-9(17)5-3-8/h2-5,10-11,15H,6,18H2,1H3,(H,19,21)(H,23,24)/t10-,11-,15?/m1/s1. The van der Waals surface area contributed by atoms with E-state index in [0.29, 0.717) is 16.9 Å². The molecule has 0 aromatic heterocycles. The molecule has 2 amide bonds. The van der Waals surface area contributed by atoms with E-state index in [1.807, 2.05) is 0 Å². The highest BCUT2D eigenvalue weighted by molar-refractivity contribution is 8.00. The van der Waals surface area contributed by atoms with E-state index < -0.39 is 41.1 Å². The van der Waals surface area contributed by atoms with Crippen LogP contribution < -0.4 is 11.1 Å². The molecular weight excluding hydrogens is 349 g/mol. The summed E-state index contributed by atoms with van der Waals surface area (Å²) in [5.41, 5.74) is 6.86. The van der Waals surface area contributed by atoms with Crippen molar-refractivity contribution in [3.8, 4) is 0 Å². The number of carbonyl (C=O) groups is 3. The molecule has 0 radical (unpaired) electrons. The highest BCUT2D eigenvalue weighted by Gasteiger charge is 2.53. The lowest BCUT2D eigenvalue weighted by molar-refractivity contribution is -0.150. The highest BCUT2D eigenvalue weighted by atomic mass is 32.2. The van der Waals surface area contributed by atoms with E-state index in [4.69, 9.17) is 5.73 Å². The summed E-state index contributed by atoms with van der Waals surface area (Å²) in [4.78, 5) is 37.1. The monoisotopic (exact) mass is 365 g/mol. The molecule has 2 aliphatic heterocycles. The molecule has 0 aliphatic carbocycles. The predicted octanol–water partition coefficient (Wildman–Crippen LogP) is 0.584. The number of thioether (sulfide) groups is 1. The molecule has 7 nitrogen and oxygen atoms in total. The Hall–Kier alpha value is -2.39. The average molecular weight is 365 g/mol. The van der Waals surface area contributed by atoms with Gasteiger partial charge in [-0.25, -0.2) is 9.18 Å². The van der Waals surface area contributed by atoms with E-state index in [0.717, 1.165) is 0 Å². The Morgan fingerprint density at radius 1 is 1.40 bits per heavy atom. The second-order valence-electron chi connectivity index (χ2n) is 5.86. The second kappa shape index (κ2) is 6.49. The minimum atomic E-state index is -1.16. The van der Waals surface area contributed by atoms with Crippen molar-refractivity contribution in [3.63, 3.8) is 0 Å². The van der Waals surface area contributed by atoms with E-state index in [1.165, 1.54) is 40.9 Å². The van der Waals surface area contributed by atoms with Crippen molar-refractivity contribution >= 4 is 29.5 Å². The van der Waals surface area contributed by atoms with E-state index in [-0.39, 0.29) is 5.70 Å². The molecule has 2 aliphatic rings. The molecule has 4 N–H and O–H groups in total.